The maximum absolute atomic E-state index is 2.44. The summed E-state index contributed by atoms with van der Waals surface area (Å²) >= 11 is 0. The number of hydrogen-bond donors (Lipinski definition) is 0. The minimum Gasteiger partial charge on any atom is -0.0619 e. The van der Waals surface area contributed by atoms with Gasteiger partial charge >= 0.3 is 0 Å². The predicted molar refractivity (Wildman–Crippen MR) is 107 cm³/mol. The summed E-state index contributed by atoms with van der Waals surface area (Å²) in [7, 11) is 0. The highest BCUT2D eigenvalue weighted by Gasteiger charge is 2.32. The first-order chi connectivity index (χ1) is 11.9. The van der Waals surface area contributed by atoms with Gasteiger partial charge in [0.2, 0.25) is 0 Å². The maximum atomic E-state index is 2.44. The molecule has 0 fully saturated rings. The van der Waals surface area contributed by atoms with Gasteiger partial charge < -0.3 is 0 Å². The monoisotopic (exact) mass is 326 g/mol. The van der Waals surface area contributed by atoms with E-state index in [0.717, 1.165) is 0 Å². The molecule has 0 saturated carbocycles. The average Bonchev–Trinajstić information content (AvgIpc) is 2.90. The molecule has 0 aliphatic heterocycles. The van der Waals surface area contributed by atoms with Crippen LogP contribution >= 0.6 is 0 Å². The van der Waals surface area contributed by atoms with Crippen LogP contribution in [0.4, 0.5) is 0 Å². The van der Waals surface area contributed by atoms with Gasteiger partial charge in [0.05, 0.1) is 0 Å². The van der Waals surface area contributed by atoms with Crippen LogP contribution in [0.15, 0.2) is 60.7 Å². The van der Waals surface area contributed by atoms with Crippen molar-refractivity contribution in [3.8, 4) is 11.1 Å². The van der Waals surface area contributed by atoms with Crippen LogP contribution in [0.1, 0.15) is 60.1 Å². The zero-order valence-corrected chi connectivity index (χ0v) is 15.9. The molecule has 0 N–H and O–H groups in total. The summed E-state index contributed by atoms with van der Waals surface area (Å²) < 4.78 is 0. The van der Waals surface area contributed by atoms with Crippen LogP contribution in [0.5, 0.6) is 0 Å². The Morgan fingerprint density at radius 3 is 2.16 bits per heavy atom. The second-order valence-corrected chi connectivity index (χ2v) is 8.38. The molecule has 0 radical (unpaired) electrons. The molecular formula is C25H26. The Hall–Kier alpha value is -2.34. The van der Waals surface area contributed by atoms with Crippen LogP contribution in [-0.4, -0.2) is 0 Å². The minimum absolute atomic E-state index is 0.162. The fraction of sp³-hybridized carbons (Fsp3) is 0.280. The highest BCUT2D eigenvalue weighted by molar-refractivity contribution is 5.82. The van der Waals surface area contributed by atoms with Gasteiger partial charge in [-0.05, 0) is 63.8 Å². The van der Waals surface area contributed by atoms with Gasteiger partial charge in [0.1, 0.15) is 0 Å². The molecule has 3 aromatic rings. The van der Waals surface area contributed by atoms with Crippen LogP contribution in [0.2, 0.25) is 0 Å². The molecule has 0 nitrogen and oxygen atoms in total. The second kappa shape index (κ2) is 5.59. The first-order valence-electron chi connectivity index (χ1n) is 9.18. The molecule has 25 heavy (non-hydrogen) atoms. The van der Waals surface area contributed by atoms with Crippen molar-refractivity contribution in [1.29, 1.82) is 0 Å². The van der Waals surface area contributed by atoms with Crippen molar-refractivity contribution < 1.29 is 0 Å². The number of fused-ring (bicyclic) bond motifs is 3. The fourth-order valence-electron chi connectivity index (χ4n) is 4.19. The SMILES string of the molecule is Cc1ccc(C(C)(C)C)cc1C1c2ccccc2-c2cccc(C)c21. The Bertz CT molecular complexity index is 954. The predicted octanol–water partition coefficient (Wildman–Crippen LogP) is 6.76. The van der Waals surface area contributed by atoms with Gasteiger partial charge in [-0.3, -0.25) is 0 Å². The fourth-order valence-corrected chi connectivity index (χ4v) is 4.19. The van der Waals surface area contributed by atoms with E-state index in [2.05, 4.69) is 95.3 Å². The Morgan fingerprint density at radius 1 is 0.680 bits per heavy atom. The summed E-state index contributed by atoms with van der Waals surface area (Å²) in [6, 6.07) is 22.7. The minimum atomic E-state index is 0.162. The highest BCUT2D eigenvalue weighted by atomic mass is 14.3. The topological polar surface area (TPSA) is 0 Å². The Labute approximate surface area is 151 Å². The lowest BCUT2D eigenvalue weighted by Gasteiger charge is -2.24. The molecule has 3 aromatic carbocycles. The van der Waals surface area contributed by atoms with Crippen molar-refractivity contribution in [1.82, 2.24) is 0 Å². The van der Waals surface area contributed by atoms with E-state index in [1.807, 2.05) is 0 Å². The smallest absolute Gasteiger partial charge is 0.0357 e. The lowest BCUT2D eigenvalue weighted by Crippen LogP contribution is -2.13. The molecule has 0 amide bonds. The first kappa shape index (κ1) is 16.1. The molecular weight excluding hydrogens is 300 g/mol. The zero-order chi connectivity index (χ0) is 17.8. The number of rotatable bonds is 1. The van der Waals surface area contributed by atoms with E-state index >= 15 is 0 Å². The number of aryl methyl sites for hydroxylation is 2. The molecule has 4 rings (SSSR count). The zero-order valence-electron chi connectivity index (χ0n) is 15.9. The van der Waals surface area contributed by atoms with Gasteiger partial charge in [0.15, 0.2) is 0 Å². The van der Waals surface area contributed by atoms with Gasteiger partial charge in [0.25, 0.3) is 0 Å². The van der Waals surface area contributed by atoms with Crippen LogP contribution in [0, 0.1) is 13.8 Å². The van der Waals surface area contributed by atoms with E-state index in [0.29, 0.717) is 5.92 Å². The third-order valence-electron chi connectivity index (χ3n) is 5.63. The molecule has 0 spiro atoms. The molecule has 0 heteroatoms. The van der Waals surface area contributed by atoms with Crippen molar-refractivity contribution in [2.75, 3.05) is 0 Å². The van der Waals surface area contributed by atoms with Gasteiger partial charge in [-0.1, -0.05) is 81.4 Å². The number of hydrogen-bond acceptors (Lipinski definition) is 0. The molecule has 1 unspecified atom stereocenters. The molecule has 0 aromatic heterocycles. The van der Waals surface area contributed by atoms with Crippen LogP contribution < -0.4 is 0 Å². The van der Waals surface area contributed by atoms with Crippen molar-refractivity contribution >= 4 is 0 Å². The molecule has 126 valence electrons. The number of benzene rings is 3. The van der Waals surface area contributed by atoms with Gasteiger partial charge in [0, 0.05) is 5.92 Å². The van der Waals surface area contributed by atoms with E-state index in [1.54, 1.807) is 0 Å². The van der Waals surface area contributed by atoms with E-state index in [1.165, 1.54) is 44.5 Å². The Balaban J connectivity index is 2.01. The third-order valence-corrected chi connectivity index (χ3v) is 5.63. The lowest BCUT2D eigenvalue weighted by atomic mass is 9.80. The largest absolute Gasteiger partial charge is 0.0619 e. The Morgan fingerprint density at radius 2 is 1.40 bits per heavy atom. The van der Waals surface area contributed by atoms with Crippen LogP contribution in [0.3, 0.4) is 0 Å². The van der Waals surface area contributed by atoms with Crippen LogP contribution in [-0.2, 0) is 5.41 Å². The Kier molecular flexibility index (Phi) is 3.61. The maximum Gasteiger partial charge on any atom is 0.0357 e. The summed E-state index contributed by atoms with van der Waals surface area (Å²) in [4.78, 5) is 0. The van der Waals surface area contributed by atoms with E-state index in [-0.39, 0.29) is 5.41 Å². The van der Waals surface area contributed by atoms with E-state index in [9.17, 15) is 0 Å². The van der Waals surface area contributed by atoms with Gasteiger partial charge in [-0.15, -0.1) is 0 Å². The van der Waals surface area contributed by atoms with Crippen molar-refractivity contribution in [3.63, 3.8) is 0 Å². The van der Waals surface area contributed by atoms with Crippen molar-refractivity contribution in [2.24, 2.45) is 0 Å². The van der Waals surface area contributed by atoms with E-state index in [4.69, 9.17) is 0 Å². The molecule has 0 saturated heterocycles. The summed E-state index contributed by atoms with van der Waals surface area (Å²) in [6.45, 7) is 11.4. The normalized spacial score (nSPS) is 15.8. The lowest BCUT2D eigenvalue weighted by molar-refractivity contribution is 0.589. The molecule has 1 atom stereocenters. The summed E-state index contributed by atoms with van der Waals surface area (Å²) in [5.41, 5.74) is 11.5. The summed E-state index contributed by atoms with van der Waals surface area (Å²) in [5.74, 6) is 0.342. The molecule has 1 aliphatic carbocycles. The summed E-state index contributed by atoms with van der Waals surface area (Å²) in [6.07, 6.45) is 0. The quantitative estimate of drug-likeness (QED) is 0.362. The highest BCUT2D eigenvalue weighted by Crippen LogP contribution is 2.50. The second-order valence-electron chi connectivity index (χ2n) is 8.38. The third kappa shape index (κ3) is 2.52. The first-order valence-corrected chi connectivity index (χ1v) is 9.18. The molecule has 0 heterocycles. The van der Waals surface area contributed by atoms with Gasteiger partial charge in [-0.25, -0.2) is 0 Å². The van der Waals surface area contributed by atoms with E-state index < -0.39 is 0 Å². The van der Waals surface area contributed by atoms with Crippen molar-refractivity contribution in [2.45, 2.75) is 46.0 Å². The molecule has 1 aliphatic rings. The average molecular weight is 326 g/mol. The van der Waals surface area contributed by atoms with Gasteiger partial charge in [-0.2, -0.15) is 0 Å². The summed E-state index contributed by atoms with van der Waals surface area (Å²) in [5, 5.41) is 0. The van der Waals surface area contributed by atoms with Crippen LogP contribution in [0.25, 0.3) is 11.1 Å². The standard InChI is InChI=1S/C25H26/c1-16-13-14-18(25(3,4)5)15-22(16)24-21-11-7-6-10-19(21)20-12-8-9-17(2)23(20)24/h6-15,24H,1-5H3. The van der Waals surface area contributed by atoms with Crippen molar-refractivity contribution in [3.05, 3.63) is 94.0 Å². The molecule has 0 bridgehead atoms.